The van der Waals surface area contributed by atoms with Crippen molar-refractivity contribution in [1.82, 2.24) is 5.32 Å². The van der Waals surface area contributed by atoms with Crippen LogP contribution in [0.15, 0.2) is 41.1 Å². The van der Waals surface area contributed by atoms with E-state index < -0.39 is 0 Å². The van der Waals surface area contributed by atoms with Crippen LogP contribution in [0.25, 0.3) is 0 Å². The molecule has 0 aliphatic carbocycles. The SMILES string of the molecule is CCC(NCc1cscc1C)c1ccccc1. The molecule has 90 valence electrons. The Kier molecular flexibility index (Phi) is 4.35. The molecular weight excluding hydrogens is 226 g/mol. The maximum atomic E-state index is 3.64. The highest BCUT2D eigenvalue weighted by Crippen LogP contribution is 2.19. The maximum Gasteiger partial charge on any atom is 0.0320 e. The van der Waals surface area contributed by atoms with Crippen molar-refractivity contribution in [2.45, 2.75) is 32.9 Å². The van der Waals surface area contributed by atoms with E-state index in [-0.39, 0.29) is 0 Å². The van der Waals surface area contributed by atoms with Crippen LogP contribution in [0.3, 0.4) is 0 Å². The Labute approximate surface area is 108 Å². The first-order chi connectivity index (χ1) is 8.31. The summed E-state index contributed by atoms with van der Waals surface area (Å²) in [4.78, 5) is 0. The van der Waals surface area contributed by atoms with Crippen molar-refractivity contribution >= 4 is 11.3 Å². The van der Waals surface area contributed by atoms with E-state index in [0.29, 0.717) is 6.04 Å². The lowest BCUT2D eigenvalue weighted by Gasteiger charge is -2.17. The highest BCUT2D eigenvalue weighted by Gasteiger charge is 2.08. The third-order valence-corrected chi connectivity index (χ3v) is 4.02. The Morgan fingerprint density at radius 3 is 2.53 bits per heavy atom. The van der Waals surface area contributed by atoms with Crippen LogP contribution >= 0.6 is 11.3 Å². The molecule has 1 heterocycles. The van der Waals surface area contributed by atoms with Gasteiger partial charge in [-0.3, -0.25) is 0 Å². The van der Waals surface area contributed by atoms with Crippen molar-refractivity contribution in [2.75, 3.05) is 0 Å². The molecule has 0 amide bonds. The smallest absolute Gasteiger partial charge is 0.0320 e. The summed E-state index contributed by atoms with van der Waals surface area (Å²) in [6.07, 6.45) is 1.12. The van der Waals surface area contributed by atoms with E-state index in [2.05, 4.69) is 60.3 Å². The molecule has 1 atom stereocenters. The summed E-state index contributed by atoms with van der Waals surface area (Å²) in [6, 6.07) is 11.1. The molecule has 0 saturated carbocycles. The predicted molar refractivity (Wildman–Crippen MR) is 75.4 cm³/mol. The van der Waals surface area contributed by atoms with Crippen LogP contribution < -0.4 is 5.32 Å². The van der Waals surface area contributed by atoms with Gasteiger partial charge in [0.2, 0.25) is 0 Å². The van der Waals surface area contributed by atoms with E-state index in [1.165, 1.54) is 16.7 Å². The van der Waals surface area contributed by atoms with Crippen molar-refractivity contribution in [3.63, 3.8) is 0 Å². The zero-order valence-corrected chi connectivity index (χ0v) is 11.3. The second-order valence-corrected chi connectivity index (χ2v) is 5.08. The number of aryl methyl sites for hydroxylation is 1. The van der Waals surface area contributed by atoms with Gasteiger partial charge in [-0.05, 0) is 40.8 Å². The minimum Gasteiger partial charge on any atom is -0.306 e. The molecule has 0 fully saturated rings. The van der Waals surface area contributed by atoms with Crippen LogP contribution in [0.1, 0.15) is 36.1 Å². The van der Waals surface area contributed by atoms with E-state index in [4.69, 9.17) is 0 Å². The molecule has 2 rings (SSSR count). The van der Waals surface area contributed by atoms with Crippen LogP contribution in [0, 0.1) is 6.92 Å². The van der Waals surface area contributed by atoms with Gasteiger partial charge in [0.15, 0.2) is 0 Å². The summed E-state index contributed by atoms with van der Waals surface area (Å²) in [7, 11) is 0. The van der Waals surface area contributed by atoms with Crippen molar-refractivity contribution in [3.05, 3.63) is 57.8 Å². The average molecular weight is 245 g/mol. The molecule has 2 heteroatoms. The third kappa shape index (κ3) is 3.18. The molecule has 1 aromatic heterocycles. The third-order valence-electron chi connectivity index (χ3n) is 3.11. The highest BCUT2D eigenvalue weighted by atomic mass is 32.1. The second-order valence-electron chi connectivity index (χ2n) is 4.33. The lowest BCUT2D eigenvalue weighted by molar-refractivity contribution is 0.519. The Balaban J connectivity index is 1.99. The van der Waals surface area contributed by atoms with Crippen LogP contribution in [0.4, 0.5) is 0 Å². The predicted octanol–water partition coefficient (Wildman–Crippen LogP) is 4.30. The highest BCUT2D eigenvalue weighted by molar-refractivity contribution is 7.08. The molecule has 0 spiro atoms. The van der Waals surface area contributed by atoms with E-state index in [9.17, 15) is 0 Å². The van der Waals surface area contributed by atoms with Gasteiger partial charge < -0.3 is 5.32 Å². The van der Waals surface area contributed by atoms with Gasteiger partial charge in [0.05, 0.1) is 0 Å². The Morgan fingerprint density at radius 1 is 1.18 bits per heavy atom. The maximum absolute atomic E-state index is 3.64. The summed E-state index contributed by atoms with van der Waals surface area (Å²) in [6.45, 7) is 5.37. The van der Waals surface area contributed by atoms with Crippen molar-refractivity contribution in [2.24, 2.45) is 0 Å². The van der Waals surface area contributed by atoms with Gasteiger partial charge in [0.25, 0.3) is 0 Å². The number of thiophene rings is 1. The minimum atomic E-state index is 0.454. The molecule has 17 heavy (non-hydrogen) atoms. The van der Waals surface area contributed by atoms with Gasteiger partial charge in [0, 0.05) is 12.6 Å². The number of rotatable bonds is 5. The fourth-order valence-electron chi connectivity index (χ4n) is 1.98. The Morgan fingerprint density at radius 2 is 1.94 bits per heavy atom. The standard InChI is InChI=1S/C15H19NS/c1-3-15(13-7-5-4-6-8-13)16-9-14-11-17-10-12(14)2/h4-8,10-11,15-16H,3,9H2,1-2H3. The lowest BCUT2D eigenvalue weighted by atomic mass is 10.0. The van der Waals surface area contributed by atoms with Gasteiger partial charge in [-0.15, -0.1) is 0 Å². The molecule has 2 aromatic rings. The zero-order valence-electron chi connectivity index (χ0n) is 10.4. The van der Waals surface area contributed by atoms with Crippen LogP contribution in [0.5, 0.6) is 0 Å². The van der Waals surface area contributed by atoms with Gasteiger partial charge >= 0.3 is 0 Å². The largest absolute Gasteiger partial charge is 0.306 e. The molecule has 0 saturated heterocycles. The molecule has 0 bridgehead atoms. The fraction of sp³-hybridized carbons (Fsp3) is 0.333. The van der Waals surface area contributed by atoms with Crippen molar-refractivity contribution in [3.8, 4) is 0 Å². The second kappa shape index (κ2) is 5.99. The molecule has 0 aliphatic heterocycles. The monoisotopic (exact) mass is 245 g/mol. The molecule has 1 aromatic carbocycles. The van der Waals surface area contributed by atoms with Crippen LogP contribution in [-0.4, -0.2) is 0 Å². The van der Waals surface area contributed by atoms with Crippen LogP contribution in [-0.2, 0) is 6.54 Å². The molecule has 1 N–H and O–H groups in total. The summed E-state index contributed by atoms with van der Waals surface area (Å²) in [5, 5.41) is 8.08. The fourth-order valence-corrected chi connectivity index (χ4v) is 2.84. The summed E-state index contributed by atoms with van der Waals surface area (Å²) in [5.74, 6) is 0. The number of hydrogen-bond donors (Lipinski definition) is 1. The molecule has 0 aliphatic rings. The Bertz CT molecular complexity index is 447. The Hall–Kier alpha value is -1.12. The quantitative estimate of drug-likeness (QED) is 0.828. The average Bonchev–Trinajstić information content (AvgIpc) is 2.77. The van der Waals surface area contributed by atoms with Crippen LogP contribution in [0.2, 0.25) is 0 Å². The normalized spacial score (nSPS) is 12.6. The van der Waals surface area contributed by atoms with Crippen molar-refractivity contribution in [1.29, 1.82) is 0 Å². The first kappa shape index (κ1) is 12.3. The van der Waals surface area contributed by atoms with Gasteiger partial charge in [-0.1, -0.05) is 37.3 Å². The topological polar surface area (TPSA) is 12.0 Å². The van der Waals surface area contributed by atoms with E-state index in [1.54, 1.807) is 11.3 Å². The molecule has 1 unspecified atom stereocenters. The molecule has 1 nitrogen and oxygen atoms in total. The van der Waals surface area contributed by atoms with E-state index in [1.807, 2.05) is 0 Å². The summed E-state index contributed by atoms with van der Waals surface area (Å²) >= 11 is 1.78. The minimum absolute atomic E-state index is 0.454. The van der Waals surface area contributed by atoms with Gasteiger partial charge in [-0.2, -0.15) is 11.3 Å². The summed E-state index contributed by atoms with van der Waals surface area (Å²) < 4.78 is 0. The van der Waals surface area contributed by atoms with Crippen molar-refractivity contribution < 1.29 is 0 Å². The summed E-state index contributed by atoms with van der Waals surface area (Å²) in [5.41, 5.74) is 4.19. The number of benzene rings is 1. The lowest BCUT2D eigenvalue weighted by Crippen LogP contribution is -2.20. The molecule has 0 radical (unpaired) electrons. The van der Waals surface area contributed by atoms with Gasteiger partial charge in [-0.25, -0.2) is 0 Å². The zero-order chi connectivity index (χ0) is 12.1. The van der Waals surface area contributed by atoms with E-state index in [0.717, 1.165) is 13.0 Å². The van der Waals surface area contributed by atoms with Gasteiger partial charge in [0.1, 0.15) is 0 Å². The number of nitrogens with one attached hydrogen (secondary N) is 1. The first-order valence-corrected chi connectivity index (χ1v) is 7.05. The number of hydrogen-bond acceptors (Lipinski definition) is 2. The molecular formula is C15H19NS. The first-order valence-electron chi connectivity index (χ1n) is 6.11. The van der Waals surface area contributed by atoms with E-state index >= 15 is 0 Å².